The molecule has 0 N–H and O–H groups in total. The Morgan fingerprint density at radius 3 is 2.47 bits per heavy atom. The molecule has 5 nitrogen and oxygen atoms in total. The van der Waals surface area contributed by atoms with Gasteiger partial charge in [-0.2, -0.15) is 0 Å². The number of hydrogen-bond acceptors (Lipinski definition) is 5. The van der Waals surface area contributed by atoms with Crippen LogP contribution in [0.4, 0.5) is 0 Å². The highest BCUT2D eigenvalue weighted by atomic mass is 79.9. The highest BCUT2D eigenvalue weighted by Gasteiger charge is 2.34. The molecule has 1 aromatic carbocycles. The maximum absolute atomic E-state index is 11.4. The van der Waals surface area contributed by atoms with Gasteiger partial charge in [0.15, 0.2) is 9.84 Å². The van der Waals surface area contributed by atoms with Crippen molar-refractivity contribution in [2.45, 2.75) is 44.8 Å². The Balaban J connectivity index is 1.37. The van der Waals surface area contributed by atoms with E-state index in [-0.39, 0.29) is 0 Å². The van der Waals surface area contributed by atoms with Gasteiger partial charge in [-0.3, -0.25) is 9.80 Å². The Morgan fingerprint density at radius 1 is 1.11 bits per heavy atom. The lowest BCUT2D eigenvalue weighted by Crippen LogP contribution is -2.57. The van der Waals surface area contributed by atoms with Gasteiger partial charge in [0.2, 0.25) is 0 Å². The number of hydrogen-bond donors (Lipinski definition) is 0. The van der Waals surface area contributed by atoms with Gasteiger partial charge in [-0.1, -0.05) is 53.2 Å². The minimum atomic E-state index is -3.23. The summed E-state index contributed by atoms with van der Waals surface area (Å²) in [6, 6.07) is 9.75. The molecule has 38 heavy (non-hydrogen) atoms. The number of benzene rings is 1. The topological polar surface area (TPSA) is 43.9 Å². The number of sulfone groups is 1. The third kappa shape index (κ3) is 8.08. The fourth-order valence-electron chi connectivity index (χ4n) is 5.53. The summed E-state index contributed by atoms with van der Waals surface area (Å²) < 4.78 is 23.9. The number of halogens is 2. The molecule has 2 heterocycles. The highest BCUT2D eigenvalue weighted by Crippen LogP contribution is 2.31. The highest BCUT2D eigenvalue weighted by molar-refractivity contribution is 9.10. The van der Waals surface area contributed by atoms with E-state index >= 15 is 0 Å². The zero-order valence-electron chi connectivity index (χ0n) is 22.2. The third-order valence-corrected chi connectivity index (χ3v) is 8.83. The largest absolute Gasteiger partial charge is 0.367 e. The van der Waals surface area contributed by atoms with Crippen molar-refractivity contribution >= 4 is 37.4 Å². The van der Waals surface area contributed by atoms with Gasteiger partial charge in [-0.15, -0.1) is 5.73 Å². The number of rotatable bonds is 7. The summed E-state index contributed by atoms with van der Waals surface area (Å²) in [7, 11) is -3.23. The molecule has 3 aliphatic rings. The van der Waals surface area contributed by atoms with Crippen LogP contribution in [0.1, 0.15) is 31.7 Å². The maximum Gasteiger partial charge on any atom is 0.175 e. The van der Waals surface area contributed by atoms with E-state index in [0.717, 1.165) is 78.7 Å². The first-order valence-corrected chi connectivity index (χ1v) is 16.3. The van der Waals surface area contributed by atoms with E-state index in [1.54, 1.807) is 6.08 Å². The average molecular weight is 619 g/mol. The predicted molar refractivity (Wildman–Crippen MR) is 162 cm³/mol. The van der Waals surface area contributed by atoms with E-state index in [9.17, 15) is 8.42 Å². The molecule has 1 aliphatic carbocycles. The molecule has 204 valence electrons. The molecule has 1 aromatic rings. The minimum Gasteiger partial charge on any atom is -0.367 e. The Kier molecular flexibility index (Phi) is 9.96. The molecule has 1 atom stereocenters. The molecule has 0 amide bonds. The quantitative estimate of drug-likeness (QED) is 0.350. The van der Waals surface area contributed by atoms with Crippen LogP contribution in [0.2, 0.25) is 0 Å². The first kappa shape index (κ1) is 29.1. The summed E-state index contributed by atoms with van der Waals surface area (Å²) in [5.74, 6) is 0. The number of piperidine rings is 1. The van der Waals surface area contributed by atoms with Crippen LogP contribution in [0, 0.1) is 0 Å². The Bertz CT molecular complexity index is 1280. The smallest absolute Gasteiger partial charge is 0.175 e. The number of piperazine rings is 1. The molecule has 8 heteroatoms. The molecule has 2 saturated heterocycles. The lowest BCUT2D eigenvalue weighted by molar-refractivity contribution is 0.0235. The van der Waals surface area contributed by atoms with Gasteiger partial charge in [0.25, 0.3) is 0 Å². The van der Waals surface area contributed by atoms with Crippen molar-refractivity contribution in [3.8, 4) is 0 Å². The molecule has 2 fully saturated rings. The molecular weight excluding hydrogens is 582 g/mol. The molecule has 0 spiro atoms. The minimum absolute atomic E-state index is 0.471. The molecular formula is C30H37BrClN3O2S. The van der Waals surface area contributed by atoms with E-state index < -0.39 is 9.84 Å². The van der Waals surface area contributed by atoms with Gasteiger partial charge in [0.1, 0.15) is 0 Å². The first-order chi connectivity index (χ1) is 18.1. The zero-order chi connectivity index (χ0) is 27.3. The second-order valence-electron chi connectivity index (χ2n) is 10.4. The Morgan fingerprint density at radius 2 is 1.82 bits per heavy atom. The van der Waals surface area contributed by atoms with Crippen LogP contribution in [0.5, 0.6) is 0 Å². The van der Waals surface area contributed by atoms with Crippen LogP contribution in [-0.4, -0.2) is 74.2 Å². The van der Waals surface area contributed by atoms with Gasteiger partial charge in [-0.05, 0) is 85.5 Å². The summed E-state index contributed by atoms with van der Waals surface area (Å²) in [4.78, 5) is 7.69. The van der Waals surface area contributed by atoms with Crippen molar-refractivity contribution in [3.05, 3.63) is 98.2 Å². The van der Waals surface area contributed by atoms with Gasteiger partial charge in [0, 0.05) is 49.0 Å². The molecule has 0 bridgehead atoms. The first-order valence-electron chi connectivity index (χ1n) is 13.2. The van der Waals surface area contributed by atoms with E-state index in [4.69, 9.17) is 11.6 Å². The van der Waals surface area contributed by atoms with Crippen molar-refractivity contribution in [2.24, 2.45) is 0 Å². The second kappa shape index (κ2) is 13.0. The van der Waals surface area contributed by atoms with Gasteiger partial charge in [0.05, 0.1) is 16.1 Å². The van der Waals surface area contributed by atoms with Crippen LogP contribution >= 0.6 is 27.5 Å². The molecule has 0 radical (unpaired) electrons. The standard InChI is InChI=1S/C30H37BrClN3O2S/c1-4-27-22-34(30-19-23(2)18-25(20-29(30)32)6-5-17-38(3,36)37)15-16-35(27)28-11-13-33(14-12-28)21-24-7-9-26(31)10-8-24/h6-10,17-20,27-28H,2,4,11-16,21-22H2,1,3H3/t5?,27-/m0/s1. The maximum atomic E-state index is 11.4. The fraction of sp³-hybridized carbons (Fsp3) is 0.433. The fourth-order valence-corrected chi connectivity index (χ4v) is 6.41. The summed E-state index contributed by atoms with van der Waals surface area (Å²) in [5, 5.41) is 1.70. The molecule has 2 aliphatic heterocycles. The van der Waals surface area contributed by atoms with E-state index in [0.29, 0.717) is 17.1 Å². The van der Waals surface area contributed by atoms with Gasteiger partial charge >= 0.3 is 0 Å². The van der Waals surface area contributed by atoms with Crippen molar-refractivity contribution in [2.75, 3.05) is 39.0 Å². The normalized spacial score (nSPS) is 22.2. The van der Waals surface area contributed by atoms with Gasteiger partial charge in [-0.25, -0.2) is 8.42 Å². The third-order valence-electron chi connectivity index (χ3n) is 7.43. The molecule has 0 aromatic heterocycles. The van der Waals surface area contributed by atoms with Crippen LogP contribution in [0.3, 0.4) is 0 Å². The summed E-state index contributed by atoms with van der Waals surface area (Å²) in [6.07, 6.45) is 12.1. The van der Waals surface area contributed by atoms with Crippen LogP contribution < -0.4 is 0 Å². The lowest BCUT2D eigenvalue weighted by atomic mass is 9.97. The number of allylic oxidation sites excluding steroid dienone is 7. The van der Waals surface area contributed by atoms with Crippen molar-refractivity contribution in [3.63, 3.8) is 0 Å². The van der Waals surface area contributed by atoms with Crippen molar-refractivity contribution in [1.29, 1.82) is 0 Å². The van der Waals surface area contributed by atoms with Crippen molar-refractivity contribution in [1.82, 2.24) is 14.7 Å². The monoisotopic (exact) mass is 617 g/mol. The Hall–Kier alpha value is -1.86. The van der Waals surface area contributed by atoms with E-state index in [1.807, 2.05) is 18.2 Å². The number of nitrogens with zero attached hydrogens (tertiary/aromatic N) is 3. The predicted octanol–water partition coefficient (Wildman–Crippen LogP) is 6.03. The molecule has 0 saturated carbocycles. The Labute approximate surface area is 241 Å². The second-order valence-corrected chi connectivity index (χ2v) is 13.6. The SMILES string of the molecule is C=C1C=C(C=C=CS(C)(=O)=O)C=C(Cl)C(N2CCN(C3CCN(Cc4ccc(Br)cc4)CC3)[C@@H](CC)C2)=C1. The zero-order valence-corrected chi connectivity index (χ0v) is 25.4. The van der Waals surface area contributed by atoms with E-state index in [2.05, 4.69) is 74.1 Å². The summed E-state index contributed by atoms with van der Waals surface area (Å²) in [5.41, 5.74) is 6.68. The van der Waals surface area contributed by atoms with Crippen LogP contribution in [0.15, 0.2) is 92.6 Å². The van der Waals surface area contributed by atoms with Crippen LogP contribution in [0.25, 0.3) is 0 Å². The summed E-state index contributed by atoms with van der Waals surface area (Å²) >= 11 is 10.3. The average Bonchev–Trinajstić information content (AvgIpc) is 3.02. The van der Waals surface area contributed by atoms with Gasteiger partial charge < -0.3 is 4.90 Å². The molecule has 0 unspecified atom stereocenters. The number of likely N-dealkylation sites (tertiary alicyclic amines) is 1. The summed E-state index contributed by atoms with van der Waals surface area (Å²) in [6.45, 7) is 12.6. The van der Waals surface area contributed by atoms with Crippen molar-refractivity contribution < 1.29 is 8.42 Å². The van der Waals surface area contributed by atoms with E-state index in [1.165, 1.54) is 18.4 Å². The molecule has 4 rings (SSSR count). The van der Waals surface area contributed by atoms with Crippen LogP contribution in [-0.2, 0) is 16.4 Å². The lowest BCUT2D eigenvalue weighted by Gasteiger charge is -2.48.